The number of nitrogens with zero attached hydrogens (tertiary/aromatic N) is 5. The molecule has 2 aromatic heterocycles. The van der Waals surface area contributed by atoms with E-state index < -0.39 is 23.3 Å². The SMILES string of the molecule is CCc1c(F)ccc2cc(O)cc(-c3ncc4c(N5C[C@@H](N)C[C@H]5CO)nc(OC[C@@]56CCCN5C[C@H](F)C6)nc4c3F)c12. The number of phenols is 1. The van der Waals surface area contributed by atoms with Crippen LogP contribution in [-0.2, 0) is 6.42 Å². The number of hydrogen-bond donors (Lipinski definition) is 3. The predicted molar refractivity (Wildman–Crippen MR) is 161 cm³/mol. The minimum absolute atomic E-state index is 0.0753. The normalized spacial score (nSPS) is 25.4. The topological polar surface area (TPSA) is 121 Å². The van der Waals surface area contributed by atoms with Gasteiger partial charge in [-0.3, -0.25) is 9.88 Å². The Kier molecular flexibility index (Phi) is 7.25. The van der Waals surface area contributed by atoms with Crippen LogP contribution < -0.4 is 15.4 Å². The maximum Gasteiger partial charge on any atom is 0.319 e. The zero-order valence-electron chi connectivity index (χ0n) is 24.4. The largest absolute Gasteiger partial charge is 0.508 e. The van der Waals surface area contributed by atoms with Gasteiger partial charge < -0.3 is 25.6 Å². The van der Waals surface area contributed by atoms with Gasteiger partial charge >= 0.3 is 6.01 Å². The van der Waals surface area contributed by atoms with Crippen LogP contribution in [0.2, 0.25) is 0 Å². The van der Waals surface area contributed by atoms with E-state index in [0.717, 1.165) is 19.4 Å². The van der Waals surface area contributed by atoms with Crippen LogP contribution in [0.4, 0.5) is 19.0 Å². The molecule has 0 radical (unpaired) electrons. The Labute approximate surface area is 252 Å². The lowest BCUT2D eigenvalue weighted by Crippen LogP contribution is -2.43. The Morgan fingerprint density at radius 2 is 2.02 bits per heavy atom. The number of anilines is 1. The molecule has 0 spiro atoms. The van der Waals surface area contributed by atoms with Crippen molar-refractivity contribution in [1.82, 2.24) is 19.9 Å². The summed E-state index contributed by atoms with van der Waals surface area (Å²) >= 11 is 0. The number of aromatic nitrogens is 3. The number of aryl methyl sites for hydroxylation is 1. The Balaban J connectivity index is 1.39. The van der Waals surface area contributed by atoms with E-state index in [2.05, 4.69) is 19.9 Å². The molecule has 3 aliphatic heterocycles. The molecule has 2 aromatic carbocycles. The number of aliphatic hydroxyl groups excluding tert-OH is 1. The van der Waals surface area contributed by atoms with Crippen LogP contribution in [0.25, 0.3) is 32.9 Å². The van der Waals surface area contributed by atoms with Gasteiger partial charge in [0.05, 0.1) is 23.6 Å². The summed E-state index contributed by atoms with van der Waals surface area (Å²) in [5, 5.41) is 21.9. The van der Waals surface area contributed by atoms with Gasteiger partial charge in [-0.05, 0) is 66.8 Å². The van der Waals surface area contributed by atoms with Gasteiger partial charge in [-0.15, -0.1) is 0 Å². The van der Waals surface area contributed by atoms with Gasteiger partial charge in [0, 0.05) is 37.3 Å². The van der Waals surface area contributed by atoms with Crippen LogP contribution >= 0.6 is 0 Å². The summed E-state index contributed by atoms with van der Waals surface area (Å²) in [5.41, 5.74) is 6.21. The number of benzene rings is 2. The average Bonchev–Trinajstić information content (AvgIpc) is 3.67. The molecular weight excluding hydrogens is 573 g/mol. The van der Waals surface area contributed by atoms with Gasteiger partial charge in [0.25, 0.3) is 0 Å². The quantitative estimate of drug-likeness (QED) is 0.283. The molecule has 0 bridgehead atoms. The summed E-state index contributed by atoms with van der Waals surface area (Å²) in [6, 6.07) is 5.09. The molecule has 3 fully saturated rings. The maximum atomic E-state index is 16.7. The molecule has 5 heterocycles. The van der Waals surface area contributed by atoms with E-state index in [1.807, 2.05) is 4.90 Å². The lowest BCUT2D eigenvalue weighted by atomic mass is 9.94. The lowest BCUT2D eigenvalue weighted by molar-refractivity contribution is 0.107. The molecule has 0 amide bonds. The maximum absolute atomic E-state index is 16.7. The highest BCUT2D eigenvalue weighted by Gasteiger charge is 2.49. The fourth-order valence-corrected chi connectivity index (χ4v) is 7.56. The second-order valence-corrected chi connectivity index (χ2v) is 12.3. The number of ether oxygens (including phenoxy) is 1. The zero-order chi connectivity index (χ0) is 30.7. The Hall–Kier alpha value is -3.74. The van der Waals surface area contributed by atoms with Crippen molar-refractivity contribution in [3.63, 3.8) is 0 Å². The van der Waals surface area contributed by atoms with Crippen molar-refractivity contribution >= 4 is 27.5 Å². The van der Waals surface area contributed by atoms with Crippen molar-refractivity contribution < 1.29 is 28.1 Å². The second-order valence-electron chi connectivity index (χ2n) is 12.3. The molecule has 9 nitrogen and oxygen atoms in total. The molecular formula is C32H35F3N6O3. The molecule has 44 heavy (non-hydrogen) atoms. The highest BCUT2D eigenvalue weighted by Crippen LogP contribution is 2.42. The molecule has 0 aliphatic carbocycles. The fourth-order valence-electron chi connectivity index (χ4n) is 7.56. The summed E-state index contributed by atoms with van der Waals surface area (Å²) in [7, 11) is 0. The number of aliphatic hydroxyl groups is 1. The van der Waals surface area contributed by atoms with Crippen LogP contribution in [0.1, 0.15) is 38.2 Å². The molecule has 12 heteroatoms. The lowest BCUT2D eigenvalue weighted by Gasteiger charge is -2.31. The number of pyridine rings is 1. The van der Waals surface area contributed by atoms with Crippen molar-refractivity contribution in [2.24, 2.45) is 5.73 Å². The third-order valence-electron chi connectivity index (χ3n) is 9.57. The van der Waals surface area contributed by atoms with Crippen molar-refractivity contribution in [2.75, 3.05) is 37.7 Å². The van der Waals surface area contributed by atoms with Crippen LogP contribution in [0, 0.1) is 11.6 Å². The minimum Gasteiger partial charge on any atom is -0.508 e. The molecule has 232 valence electrons. The summed E-state index contributed by atoms with van der Waals surface area (Å²) < 4.78 is 52.2. The summed E-state index contributed by atoms with van der Waals surface area (Å²) in [5.74, 6) is -1.01. The van der Waals surface area contributed by atoms with E-state index in [0.29, 0.717) is 59.9 Å². The number of nitrogens with two attached hydrogens (primary N) is 1. The number of aromatic hydroxyl groups is 1. The van der Waals surface area contributed by atoms with Crippen molar-refractivity contribution in [3.05, 3.63) is 47.7 Å². The van der Waals surface area contributed by atoms with Gasteiger partial charge in [-0.1, -0.05) is 13.0 Å². The minimum atomic E-state index is -0.940. The van der Waals surface area contributed by atoms with Crippen molar-refractivity contribution in [1.29, 1.82) is 0 Å². The monoisotopic (exact) mass is 608 g/mol. The van der Waals surface area contributed by atoms with Crippen LogP contribution in [0.3, 0.4) is 0 Å². The van der Waals surface area contributed by atoms with Gasteiger partial charge in [-0.2, -0.15) is 9.97 Å². The third kappa shape index (κ3) is 4.70. The number of hydrogen-bond acceptors (Lipinski definition) is 9. The number of alkyl halides is 1. The highest BCUT2D eigenvalue weighted by molar-refractivity contribution is 6.01. The van der Waals surface area contributed by atoms with Gasteiger partial charge in [-0.25, -0.2) is 13.2 Å². The molecule has 4 N–H and O–H groups in total. The first-order valence-electron chi connectivity index (χ1n) is 15.2. The standard InChI is InChI=1S/C32H35F3N6O3/c1-2-22-25(34)5-4-17-8-21(43)10-23(26(17)22)28-27(35)29-24(12-37-28)30(41-14-19(36)9-20(41)15-42)39-31(38-29)44-16-32-6-3-7-40(32)13-18(33)11-32/h4-5,8,10,12,18-20,42-43H,2-3,6-7,9,11,13-16,36H2,1H3/t18-,19+,20+,32+/m1/s1. The molecule has 3 aliphatic rings. The average molecular weight is 609 g/mol. The summed E-state index contributed by atoms with van der Waals surface area (Å²) in [6.45, 7) is 3.30. The van der Waals surface area contributed by atoms with Crippen LogP contribution in [-0.4, -0.2) is 86.7 Å². The highest BCUT2D eigenvalue weighted by atomic mass is 19.1. The fraction of sp³-hybridized carbons (Fsp3) is 0.469. The second kappa shape index (κ2) is 11.0. The predicted octanol–water partition coefficient (Wildman–Crippen LogP) is 4.24. The molecule has 7 rings (SSSR count). The Bertz CT molecular complexity index is 1760. The van der Waals surface area contributed by atoms with Crippen molar-refractivity contribution in [2.45, 2.75) is 62.8 Å². The summed E-state index contributed by atoms with van der Waals surface area (Å²) in [6.07, 6.45) is 3.44. The molecule has 0 unspecified atom stereocenters. The zero-order valence-corrected chi connectivity index (χ0v) is 24.4. The number of fused-ring (bicyclic) bond motifs is 3. The molecule has 0 saturated carbocycles. The first-order valence-corrected chi connectivity index (χ1v) is 15.2. The smallest absolute Gasteiger partial charge is 0.319 e. The van der Waals surface area contributed by atoms with E-state index in [1.165, 1.54) is 24.4 Å². The van der Waals surface area contributed by atoms with E-state index in [9.17, 15) is 19.0 Å². The first kappa shape index (κ1) is 29.0. The van der Waals surface area contributed by atoms with E-state index in [4.69, 9.17) is 10.5 Å². The van der Waals surface area contributed by atoms with Gasteiger partial charge in [0.2, 0.25) is 0 Å². The summed E-state index contributed by atoms with van der Waals surface area (Å²) in [4.78, 5) is 17.6. The first-order chi connectivity index (χ1) is 21.2. The van der Waals surface area contributed by atoms with Crippen LogP contribution in [0.5, 0.6) is 11.8 Å². The Morgan fingerprint density at radius 1 is 1.18 bits per heavy atom. The van der Waals surface area contributed by atoms with Crippen LogP contribution in [0.15, 0.2) is 30.5 Å². The number of rotatable bonds is 7. The number of halogens is 3. The molecule has 4 aromatic rings. The Morgan fingerprint density at radius 3 is 2.82 bits per heavy atom. The number of phenolic OH excluding ortho intramolecular Hbond substituents is 1. The third-order valence-corrected chi connectivity index (χ3v) is 9.57. The van der Waals surface area contributed by atoms with E-state index in [1.54, 1.807) is 13.0 Å². The molecule has 4 atom stereocenters. The van der Waals surface area contributed by atoms with Gasteiger partial charge in [0.1, 0.15) is 41.4 Å². The van der Waals surface area contributed by atoms with E-state index in [-0.39, 0.29) is 53.8 Å². The molecule has 3 saturated heterocycles. The van der Waals surface area contributed by atoms with Crippen molar-refractivity contribution in [3.8, 4) is 23.0 Å². The van der Waals surface area contributed by atoms with E-state index >= 15 is 4.39 Å². The van der Waals surface area contributed by atoms with Gasteiger partial charge in [0.15, 0.2) is 5.82 Å².